The van der Waals surface area contributed by atoms with Gasteiger partial charge in [-0.05, 0) is 54.8 Å². The van der Waals surface area contributed by atoms with Crippen molar-refractivity contribution >= 4 is 27.5 Å². The number of amides is 2. The van der Waals surface area contributed by atoms with Crippen molar-refractivity contribution in [3.63, 3.8) is 0 Å². The van der Waals surface area contributed by atoms with Gasteiger partial charge >= 0.3 is 0 Å². The smallest absolute Gasteiger partial charge is 0.243 e. The number of rotatable bonds is 6. The molecule has 0 spiro atoms. The SMILES string of the molecule is CC(=O)Nc1ccc(S(=O)(=O)N2CCC(NC(=O)Cc3cccc(F)c3)CC2)cc1. The normalized spacial score (nSPS) is 15.5. The summed E-state index contributed by atoms with van der Waals surface area (Å²) in [7, 11) is -3.65. The first-order chi connectivity index (χ1) is 14.2. The van der Waals surface area contributed by atoms with Crippen LogP contribution in [-0.2, 0) is 26.0 Å². The van der Waals surface area contributed by atoms with Gasteiger partial charge in [0.25, 0.3) is 0 Å². The molecular formula is C21H24FN3O4S. The molecule has 160 valence electrons. The van der Waals surface area contributed by atoms with Crippen LogP contribution in [0.3, 0.4) is 0 Å². The van der Waals surface area contributed by atoms with Gasteiger partial charge in [-0.15, -0.1) is 0 Å². The lowest BCUT2D eigenvalue weighted by Gasteiger charge is -2.31. The zero-order valence-corrected chi connectivity index (χ0v) is 17.4. The Morgan fingerprint density at radius 3 is 2.37 bits per heavy atom. The van der Waals surface area contributed by atoms with E-state index in [1.165, 1.54) is 35.5 Å². The number of sulfonamides is 1. The van der Waals surface area contributed by atoms with Crippen LogP contribution in [0.15, 0.2) is 53.4 Å². The topological polar surface area (TPSA) is 95.6 Å². The van der Waals surface area contributed by atoms with E-state index in [-0.39, 0.29) is 35.0 Å². The molecule has 1 aliphatic heterocycles. The Morgan fingerprint density at radius 2 is 1.77 bits per heavy atom. The van der Waals surface area contributed by atoms with Crippen LogP contribution in [0.4, 0.5) is 10.1 Å². The molecule has 0 radical (unpaired) electrons. The summed E-state index contributed by atoms with van der Waals surface area (Å²) in [4.78, 5) is 23.4. The maximum atomic E-state index is 13.2. The highest BCUT2D eigenvalue weighted by Crippen LogP contribution is 2.22. The van der Waals surface area contributed by atoms with Crippen molar-refractivity contribution in [2.24, 2.45) is 0 Å². The molecule has 0 unspecified atom stereocenters. The lowest BCUT2D eigenvalue weighted by atomic mass is 10.1. The Morgan fingerprint density at radius 1 is 1.10 bits per heavy atom. The van der Waals surface area contributed by atoms with Gasteiger partial charge in [0.1, 0.15) is 5.82 Å². The molecule has 0 saturated carbocycles. The number of carbonyl (C=O) groups is 2. The molecule has 30 heavy (non-hydrogen) atoms. The third-order valence-corrected chi connectivity index (χ3v) is 6.80. The fourth-order valence-electron chi connectivity index (χ4n) is 3.41. The summed E-state index contributed by atoms with van der Waals surface area (Å²) in [5.41, 5.74) is 1.12. The largest absolute Gasteiger partial charge is 0.353 e. The first-order valence-corrected chi connectivity index (χ1v) is 11.1. The lowest BCUT2D eigenvalue weighted by Crippen LogP contribution is -2.46. The Kier molecular flexibility index (Phi) is 6.84. The van der Waals surface area contributed by atoms with Crippen LogP contribution in [0.1, 0.15) is 25.3 Å². The second-order valence-electron chi connectivity index (χ2n) is 7.26. The maximum absolute atomic E-state index is 13.2. The number of anilines is 1. The molecule has 1 aliphatic rings. The van der Waals surface area contributed by atoms with E-state index in [9.17, 15) is 22.4 Å². The minimum Gasteiger partial charge on any atom is -0.353 e. The zero-order valence-electron chi connectivity index (χ0n) is 16.6. The minimum atomic E-state index is -3.65. The Hall–Kier alpha value is -2.78. The van der Waals surface area contributed by atoms with Crippen LogP contribution in [-0.4, -0.2) is 43.7 Å². The predicted molar refractivity (Wildman–Crippen MR) is 111 cm³/mol. The second kappa shape index (κ2) is 9.36. The molecular weight excluding hydrogens is 409 g/mol. The van der Waals surface area contributed by atoms with Gasteiger partial charge in [-0.1, -0.05) is 12.1 Å². The van der Waals surface area contributed by atoms with E-state index >= 15 is 0 Å². The van der Waals surface area contributed by atoms with E-state index in [1.807, 2.05) is 0 Å². The summed E-state index contributed by atoms with van der Waals surface area (Å²) in [5.74, 6) is -0.827. The zero-order chi connectivity index (χ0) is 21.7. The van der Waals surface area contributed by atoms with Crippen LogP contribution in [0.25, 0.3) is 0 Å². The van der Waals surface area contributed by atoms with E-state index in [1.54, 1.807) is 24.3 Å². The van der Waals surface area contributed by atoms with Crippen LogP contribution in [0.2, 0.25) is 0 Å². The first kappa shape index (κ1) is 21.9. The van der Waals surface area contributed by atoms with Gasteiger partial charge in [0.2, 0.25) is 21.8 Å². The van der Waals surface area contributed by atoms with Crippen molar-refractivity contribution < 1.29 is 22.4 Å². The summed E-state index contributed by atoms with van der Waals surface area (Å²) in [6.45, 7) is 1.97. The predicted octanol–water partition coefficient (Wildman–Crippen LogP) is 2.30. The maximum Gasteiger partial charge on any atom is 0.243 e. The highest BCUT2D eigenvalue weighted by molar-refractivity contribution is 7.89. The molecule has 2 N–H and O–H groups in total. The number of piperidine rings is 1. The van der Waals surface area contributed by atoms with Gasteiger partial charge in [0.15, 0.2) is 0 Å². The Bertz CT molecular complexity index is 1020. The molecule has 1 fully saturated rings. The number of hydrogen-bond acceptors (Lipinski definition) is 4. The number of benzene rings is 2. The van der Waals surface area contributed by atoms with Gasteiger partial charge in [0.05, 0.1) is 11.3 Å². The monoisotopic (exact) mass is 433 g/mol. The van der Waals surface area contributed by atoms with Crippen LogP contribution in [0.5, 0.6) is 0 Å². The summed E-state index contributed by atoms with van der Waals surface area (Å²) in [5, 5.41) is 5.50. The molecule has 0 bridgehead atoms. The van der Waals surface area contributed by atoms with Crippen molar-refractivity contribution in [1.82, 2.24) is 9.62 Å². The van der Waals surface area contributed by atoms with Crippen molar-refractivity contribution in [2.75, 3.05) is 18.4 Å². The number of nitrogens with one attached hydrogen (secondary N) is 2. The summed E-state index contributed by atoms with van der Waals surface area (Å²) in [6.07, 6.45) is 1.08. The summed E-state index contributed by atoms with van der Waals surface area (Å²) < 4.78 is 40.3. The van der Waals surface area contributed by atoms with E-state index in [0.29, 0.717) is 37.2 Å². The molecule has 1 heterocycles. The van der Waals surface area contributed by atoms with Gasteiger partial charge in [-0.2, -0.15) is 4.31 Å². The molecule has 7 nitrogen and oxygen atoms in total. The number of halogens is 1. The average Bonchev–Trinajstić information content (AvgIpc) is 2.68. The molecule has 1 saturated heterocycles. The van der Waals surface area contributed by atoms with Crippen molar-refractivity contribution in [3.8, 4) is 0 Å². The first-order valence-electron chi connectivity index (χ1n) is 9.65. The molecule has 2 amide bonds. The second-order valence-corrected chi connectivity index (χ2v) is 9.20. The van der Waals surface area contributed by atoms with Gasteiger partial charge in [-0.3, -0.25) is 9.59 Å². The standard InChI is InChI=1S/C21H24FN3O4S/c1-15(26)23-18-5-7-20(8-6-18)30(28,29)25-11-9-19(10-12-25)24-21(27)14-16-3-2-4-17(22)13-16/h2-8,13,19H,9-12,14H2,1H3,(H,23,26)(H,24,27). The number of hydrogen-bond donors (Lipinski definition) is 2. The third-order valence-electron chi connectivity index (χ3n) is 4.89. The van der Waals surface area contributed by atoms with E-state index in [4.69, 9.17) is 0 Å². The highest BCUT2D eigenvalue weighted by Gasteiger charge is 2.30. The molecule has 0 aliphatic carbocycles. The quantitative estimate of drug-likeness (QED) is 0.731. The van der Waals surface area contributed by atoms with E-state index in [0.717, 1.165) is 0 Å². The molecule has 9 heteroatoms. The molecule has 2 aromatic rings. The van der Waals surface area contributed by atoms with Crippen LogP contribution < -0.4 is 10.6 Å². The van der Waals surface area contributed by atoms with Crippen LogP contribution >= 0.6 is 0 Å². The average molecular weight is 434 g/mol. The Balaban J connectivity index is 1.54. The molecule has 2 aromatic carbocycles. The Labute approximate surface area is 175 Å². The molecule has 3 rings (SSSR count). The minimum absolute atomic E-state index is 0.0803. The number of nitrogens with zero attached hydrogens (tertiary/aromatic N) is 1. The fourth-order valence-corrected chi connectivity index (χ4v) is 4.88. The number of carbonyl (C=O) groups excluding carboxylic acids is 2. The third kappa shape index (κ3) is 5.64. The van der Waals surface area contributed by atoms with E-state index < -0.39 is 10.0 Å². The molecule has 0 atom stereocenters. The fraction of sp³-hybridized carbons (Fsp3) is 0.333. The van der Waals surface area contributed by atoms with E-state index in [2.05, 4.69) is 10.6 Å². The lowest BCUT2D eigenvalue weighted by molar-refractivity contribution is -0.121. The van der Waals surface area contributed by atoms with Crippen molar-refractivity contribution in [2.45, 2.75) is 37.1 Å². The highest BCUT2D eigenvalue weighted by atomic mass is 32.2. The summed E-state index contributed by atoms with van der Waals surface area (Å²) in [6, 6.07) is 11.8. The van der Waals surface area contributed by atoms with Crippen molar-refractivity contribution in [3.05, 3.63) is 59.9 Å². The summed E-state index contributed by atoms with van der Waals surface area (Å²) >= 11 is 0. The van der Waals surface area contributed by atoms with Gasteiger partial charge in [0, 0.05) is 31.7 Å². The van der Waals surface area contributed by atoms with Crippen LogP contribution in [0, 0.1) is 5.82 Å². The van der Waals surface area contributed by atoms with Crippen molar-refractivity contribution in [1.29, 1.82) is 0 Å². The molecule has 0 aromatic heterocycles. The van der Waals surface area contributed by atoms with Gasteiger partial charge in [-0.25, -0.2) is 12.8 Å². The van der Waals surface area contributed by atoms with Gasteiger partial charge < -0.3 is 10.6 Å².